The summed E-state index contributed by atoms with van der Waals surface area (Å²) >= 11 is 0. The number of aromatic nitrogens is 3. The smallest absolute Gasteiger partial charge is 0.180 e. The highest BCUT2D eigenvalue weighted by Gasteiger charge is 2.09. The van der Waals surface area contributed by atoms with E-state index >= 15 is 0 Å². The molecular formula is C23H19N5O. The number of imidazole rings is 1. The van der Waals surface area contributed by atoms with Crippen molar-refractivity contribution in [2.45, 2.75) is 6.61 Å². The quantitative estimate of drug-likeness (QED) is 0.512. The van der Waals surface area contributed by atoms with Gasteiger partial charge in [0.25, 0.3) is 0 Å². The van der Waals surface area contributed by atoms with Gasteiger partial charge in [-0.2, -0.15) is 0 Å². The van der Waals surface area contributed by atoms with E-state index in [9.17, 15) is 0 Å². The maximum Gasteiger partial charge on any atom is 0.180 e. The number of H-pyrrole nitrogens is 1. The molecule has 0 bridgehead atoms. The Morgan fingerprint density at radius 2 is 1.79 bits per heavy atom. The van der Waals surface area contributed by atoms with Crippen molar-refractivity contribution in [3.8, 4) is 17.1 Å². The standard InChI is InChI=1S/C23H19N5O/c1-2-4-16(5-3-1)15-29-19-8-6-17(7-9-19)22-26-20-10-11-21(27-23(20)28-22)25-18-12-13-24-14-18/h1-12,14H,13,15H2,(H2,25,26,27,28). The largest absolute Gasteiger partial charge is 0.489 e. The van der Waals surface area contributed by atoms with Gasteiger partial charge in [-0.05, 0) is 48.0 Å². The maximum absolute atomic E-state index is 5.85. The molecule has 0 saturated carbocycles. The molecule has 2 N–H and O–H groups in total. The summed E-state index contributed by atoms with van der Waals surface area (Å²) in [7, 11) is 0. The number of rotatable bonds is 6. The van der Waals surface area contributed by atoms with E-state index in [2.05, 4.69) is 37.4 Å². The highest BCUT2D eigenvalue weighted by atomic mass is 16.5. The van der Waals surface area contributed by atoms with Crippen LogP contribution in [-0.2, 0) is 6.61 Å². The Hall–Kier alpha value is -3.93. The molecule has 1 aliphatic rings. The number of benzene rings is 2. The van der Waals surface area contributed by atoms with Gasteiger partial charge < -0.3 is 15.0 Å². The molecular weight excluding hydrogens is 362 g/mol. The lowest BCUT2D eigenvalue weighted by Gasteiger charge is -2.06. The van der Waals surface area contributed by atoms with Crippen molar-refractivity contribution in [3.05, 3.63) is 84.1 Å². The Bertz CT molecular complexity index is 1190. The molecule has 0 aliphatic carbocycles. The number of ether oxygens (including phenoxy) is 1. The summed E-state index contributed by atoms with van der Waals surface area (Å²) < 4.78 is 5.85. The molecule has 1 aliphatic heterocycles. The van der Waals surface area contributed by atoms with Crippen LogP contribution in [0.5, 0.6) is 5.75 Å². The van der Waals surface area contributed by atoms with Gasteiger partial charge >= 0.3 is 0 Å². The van der Waals surface area contributed by atoms with Crippen LogP contribution in [0, 0.1) is 0 Å². The monoisotopic (exact) mass is 381 g/mol. The van der Waals surface area contributed by atoms with Crippen LogP contribution in [0.2, 0.25) is 0 Å². The molecule has 0 radical (unpaired) electrons. The summed E-state index contributed by atoms with van der Waals surface area (Å²) in [4.78, 5) is 16.7. The van der Waals surface area contributed by atoms with Crippen LogP contribution < -0.4 is 10.1 Å². The number of nitrogens with one attached hydrogen (secondary N) is 2. The van der Waals surface area contributed by atoms with Crippen LogP contribution in [0.25, 0.3) is 22.6 Å². The topological polar surface area (TPSA) is 75.2 Å². The Labute approximate surface area is 168 Å². The molecule has 3 heterocycles. The number of pyridine rings is 1. The van der Waals surface area contributed by atoms with E-state index in [1.165, 1.54) is 0 Å². The lowest BCUT2D eigenvalue weighted by molar-refractivity contribution is 0.306. The highest BCUT2D eigenvalue weighted by molar-refractivity contribution is 5.85. The van der Waals surface area contributed by atoms with Gasteiger partial charge in [0.2, 0.25) is 0 Å². The summed E-state index contributed by atoms with van der Waals surface area (Å²) in [6.45, 7) is 1.26. The summed E-state index contributed by atoms with van der Waals surface area (Å²) in [5.74, 6) is 2.35. The number of aliphatic imine (C=N–C) groups is 1. The normalized spacial score (nSPS) is 12.9. The average molecular weight is 381 g/mol. The fraction of sp³-hybridized carbons (Fsp3) is 0.0870. The first-order valence-electron chi connectivity index (χ1n) is 9.44. The molecule has 0 unspecified atom stereocenters. The van der Waals surface area contributed by atoms with Gasteiger partial charge in [-0.1, -0.05) is 30.3 Å². The van der Waals surface area contributed by atoms with Gasteiger partial charge in [0, 0.05) is 11.8 Å². The Kier molecular flexibility index (Phi) is 4.50. The van der Waals surface area contributed by atoms with E-state index in [0.29, 0.717) is 18.8 Å². The molecule has 142 valence electrons. The minimum Gasteiger partial charge on any atom is -0.489 e. The van der Waals surface area contributed by atoms with E-state index in [0.717, 1.165) is 39.7 Å². The second-order valence-corrected chi connectivity index (χ2v) is 6.73. The molecule has 4 aromatic rings. The summed E-state index contributed by atoms with van der Waals surface area (Å²) in [5.41, 5.74) is 4.65. The van der Waals surface area contributed by atoms with Gasteiger partial charge in [0.15, 0.2) is 5.65 Å². The molecule has 2 aromatic carbocycles. The number of allylic oxidation sites excluding steroid dienone is 1. The third-order valence-electron chi connectivity index (χ3n) is 4.64. The van der Waals surface area contributed by atoms with Gasteiger partial charge in [0.1, 0.15) is 24.0 Å². The number of hydrogen-bond donors (Lipinski definition) is 2. The minimum atomic E-state index is 0.547. The minimum absolute atomic E-state index is 0.547. The van der Waals surface area contributed by atoms with E-state index in [1.807, 2.05) is 66.9 Å². The molecule has 6 nitrogen and oxygen atoms in total. The van der Waals surface area contributed by atoms with E-state index in [1.54, 1.807) is 0 Å². The third kappa shape index (κ3) is 3.87. The maximum atomic E-state index is 5.85. The van der Waals surface area contributed by atoms with Crippen molar-refractivity contribution in [1.82, 2.24) is 15.0 Å². The van der Waals surface area contributed by atoms with E-state index < -0.39 is 0 Å². The number of anilines is 1. The number of fused-ring (bicyclic) bond motifs is 1. The van der Waals surface area contributed by atoms with Crippen molar-refractivity contribution in [2.24, 2.45) is 4.99 Å². The van der Waals surface area contributed by atoms with Crippen LogP contribution in [0.1, 0.15) is 5.56 Å². The van der Waals surface area contributed by atoms with Crippen molar-refractivity contribution in [1.29, 1.82) is 0 Å². The summed E-state index contributed by atoms with van der Waals surface area (Å²) in [6, 6.07) is 21.9. The fourth-order valence-electron chi connectivity index (χ4n) is 3.13. The zero-order valence-electron chi connectivity index (χ0n) is 15.7. The summed E-state index contributed by atoms with van der Waals surface area (Å²) in [6.07, 6.45) is 3.83. The number of nitrogens with zero attached hydrogens (tertiary/aromatic N) is 3. The molecule has 29 heavy (non-hydrogen) atoms. The highest BCUT2D eigenvalue weighted by Crippen LogP contribution is 2.24. The molecule has 6 heteroatoms. The Morgan fingerprint density at radius 3 is 2.59 bits per heavy atom. The Morgan fingerprint density at radius 1 is 0.931 bits per heavy atom. The van der Waals surface area contributed by atoms with Gasteiger partial charge in [-0.15, -0.1) is 0 Å². The lowest BCUT2D eigenvalue weighted by atomic mass is 10.2. The predicted octanol–water partition coefficient (Wildman–Crippen LogP) is 4.58. The molecule has 0 amide bonds. The molecule has 5 rings (SSSR count). The van der Waals surface area contributed by atoms with Crippen molar-refractivity contribution < 1.29 is 4.74 Å². The number of hydrogen-bond acceptors (Lipinski definition) is 5. The van der Waals surface area contributed by atoms with Crippen LogP contribution in [0.3, 0.4) is 0 Å². The van der Waals surface area contributed by atoms with Gasteiger partial charge in [-0.25, -0.2) is 9.97 Å². The van der Waals surface area contributed by atoms with Crippen molar-refractivity contribution >= 4 is 23.2 Å². The first-order valence-corrected chi connectivity index (χ1v) is 9.44. The van der Waals surface area contributed by atoms with Crippen molar-refractivity contribution in [2.75, 3.05) is 11.9 Å². The van der Waals surface area contributed by atoms with Crippen LogP contribution >= 0.6 is 0 Å². The van der Waals surface area contributed by atoms with Crippen molar-refractivity contribution in [3.63, 3.8) is 0 Å². The van der Waals surface area contributed by atoms with E-state index in [-0.39, 0.29) is 0 Å². The second kappa shape index (κ2) is 7.59. The van der Waals surface area contributed by atoms with Gasteiger partial charge in [-0.3, -0.25) is 4.99 Å². The Balaban J connectivity index is 1.31. The molecule has 0 saturated heterocycles. The zero-order valence-corrected chi connectivity index (χ0v) is 15.7. The first kappa shape index (κ1) is 17.2. The van der Waals surface area contributed by atoms with Crippen LogP contribution in [0.15, 0.2) is 83.5 Å². The first-order chi connectivity index (χ1) is 14.3. The molecule has 2 aromatic heterocycles. The lowest BCUT2D eigenvalue weighted by Crippen LogP contribution is -2.00. The number of aromatic amines is 1. The zero-order chi connectivity index (χ0) is 19.5. The SMILES string of the molecule is C1=NCC=C1Nc1ccc2[nH]c(-c3ccc(OCc4ccccc4)cc3)nc2n1. The summed E-state index contributed by atoms with van der Waals surface area (Å²) in [5, 5.41) is 3.25. The molecule has 0 spiro atoms. The predicted molar refractivity (Wildman–Crippen MR) is 115 cm³/mol. The van der Waals surface area contributed by atoms with Crippen LogP contribution in [-0.4, -0.2) is 27.7 Å². The average Bonchev–Trinajstić information content (AvgIpc) is 3.43. The second-order valence-electron chi connectivity index (χ2n) is 6.73. The van der Waals surface area contributed by atoms with Crippen LogP contribution in [0.4, 0.5) is 5.82 Å². The molecule has 0 fully saturated rings. The third-order valence-corrected chi connectivity index (χ3v) is 4.64. The van der Waals surface area contributed by atoms with Gasteiger partial charge in [0.05, 0.1) is 17.8 Å². The molecule has 0 atom stereocenters. The van der Waals surface area contributed by atoms with E-state index in [4.69, 9.17) is 4.74 Å². The fourth-order valence-corrected chi connectivity index (χ4v) is 3.13.